The van der Waals surface area contributed by atoms with Crippen molar-refractivity contribution in [3.63, 3.8) is 0 Å². The summed E-state index contributed by atoms with van der Waals surface area (Å²) in [5.74, 6) is -0.783. The SMILES string of the molecule is CC(C)C1(C(=O)O)CCN(C(=O)NC2CCOCC2)C1. The molecule has 2 aliphatic heterocycles. The molecule has 2 saturated heterocycles. The summed E-state index contributed by atoms with van der Waals surface area (Å²) >= 11 is 0. The molecular weight excluding hydrogens is 260 g/mol. The summed E-state index contributed by atoms with van der Waals surface area (Å²) in [7, 11) is 0. The first kappa shape index (κ1) is 15.1. The fourth-order valence-corrected chi connectivity index (χ4v) is 3.01. The predicted octanol–water partition coefficient (Wildman–Crippen LogP) is 1.31. The van der Waals surface area contributed by atoms with Gasteiger partial charge >= 0.3 is 12.0 Å². The number of carbonyl (C=O) groups excluding carboxylic acids is 1. The number of ether oxygens (including phenoxy) is 1. The first-order chi connectivity index (χ1) is 9.45. The monoisotopic (exact) mass is 284 g/mol. The normalized spacial score (nSPS) is 27.9. The second-order valence-corrected chi connectivity index (χ2v) is 6.12. The third-order valence-electron chi connectivity index (χ3n) is 4.67. The fourth-order valence-electron chi connectivity index (χ4n) is 3.01. The molecule has 0 aliphatic carbocycles. The molecular formula is C14H24N2O4. The van der Waals surface area contributed by atoms with E-state index < -0.39 is 11.4 Å². The van der Waals surface area contributed by atoms with Crippen LogP contribution in [0, 0.1) is 11.3 Å². The summed E-state index contributed by atoms with van der Waals surface area (Å²) in [6.45, 7) is 5.99. The Morgan fingerprint density at radius 1 is 1.35 bits per heavy atom. The van der Waals surface area contributed by atoms with Gasteiger partial charge in [-0.25, -0.2) is 4.79 Å². The maximum Gasteiger partial charge on any atom is 0.317 e. The number of urea groups is 1. The number of amides is 2. The molecule has 0 radical (unpaired) electrons. The number of carboxylic acid groups (broad SMARTS) is 1. The zero-order valence-electron chi connectivity index (χ0n) is 12.2. The molecule has 0 aromatic carbocycles. The van der Waals surface area contributed by atoms with Gasteiger partial charge in [0.2, 0.25) is 0 Å². The Bertz CT molecular complexity index is 379. The number of likely N-dealkylation sites (tertiary alicyclic amines) is 1. The number of nitrogens with zero attached hydrogens (tertiary/aromatic N) is 1. The molecule has 0 spiro atoms. The number of aliphatic carboxylic acids is 1. The number of rotatable bonds is 3. The molecule has 0 aromatic heterocycles. The van der Waals surface area contributed by atoms with E-state index in [0.29, 0.717) is 32.7 Å². The van der Waals surface area contributed by atoms with Gasteiger partial charge in [-0.1, -0.05) is 13.8 Å². The van der Waals surface area contributed by atoms with E-state index in [1.54, 1.807) is 4.90 Å². The Labute approximate surface area is 119 Å². The Hall–Kier alpha value is -1.30. The van der Waals surface area contributed by atoms with Crippen molar-refractivity contribution in [3.05, 3.63) is 0 Å². The van der Waals surface area contributed by atoms with E-state index in [9.17, 15) is 14.7 Å². The predicted molar refractivity (Wildman–Crippen MR) is 73.5 cm³/mol. The Balaban J connectivity index is 1.94. The van der Waals surface area contributed by atoms with Gasteiger partial charge in [0.1, 0.15) is 0 Å². The van der Waals surface area contributed by atoms with E-state index in [2.05, 4.69) is 5.32 Å². The van der Waals surface area contributed by atoms with Gasteiger partial charge in [-0.05, 0) is 25.2 Å². The minimum atomic E-state index is -0.799. The van der Waals surface area contributed by atoms with E-state index in [1.165, 1.54) is 0 Å². The number of hydrogen-bond donors (Lipinski definition) is 2. The topological polar surface area (TPSA) is 78.9 Å². The van der Waals surface area contributed by atoms with Crippen molar-refractivity contribution in [2.45, 2.75) is 39.2 Å². The van der Waals surface area contributed by atoms with Gasteiger partial charge in [0.25, 0.3) is 0 Å². The van der Waals surface area contributed by atoms with Gasteiger partial charge in [0.05, 0.1) is 5.41 Å². The molecule has 1 unspecified atom stereocenters. The highest BCUT2D eigenvalue weighted by molar-refractivity contribution is 5.80. The molecule has 2 amide bonds. The van der Waals surface area contributed by atoms with E-state index >= 15 is 0 Å². The van der Waals surface area contributed by atoms with Crippen molar-refractivity contribution in [1.82, 2.24) is 10.2 Å². The van der Waals surface area contributed by atoms with Crippen LogP contribution in [0.15, 0.2) is 0 Å². The van der Waals surface area contributed by atoms with Gasteiger partial charge in [-0.15, -0.1) is 0 Å². The molecule has 6 nitrogen and oxygen atoms in total. The third-order valence-corrected chi connectivity index (χ3v) is 4.67. The van der Waals surface area contributed by atoms with Crippen molar-refractivity contribution in [2.24, 2.45) is 11.3 Å². The Kier molecular flexibility index (Phi) is 4.52. The number of carboxylic acids is 1. The Morgan fingerprint density at radius 3 is 2.50 bits per heavy atom. The molecule has 114 valence electrons. The molecule has 0 bridgehead atoms. The zero-order valence-corrected chi connectivity index (χ0v) is 12.2. The van der Waals surface area contributed by atoms with Crippen LogP contribution in [0.25, 0.3) is 0 Å². The van der Waals surface area contributed by atoms with Crippen LogP contribution < -0.4 is 5.32 Å². The molecule has 2 heterocycles. The zero-order chi connectivity index (χ0) is 14.8. The van der Waals surface area contributed by atoms with Crippen LogP contribution in [-0.2, 0) is 9.53 Å². The summed E-state index contributed by atoms with van der Waals surface area (Å²) in [5.41, 5.74) is -0.799. The van der Waals surface area contributed by atoms with E-state index in [0.717, 1.165) is 12.8 Å². The van der Waals surface area contributed by atoms with Gasteiger partial charge < -0.3 is 20.1 Å². The standard InChI is InChI=1S/C14H24N2O4/c1-10(2)14(12(17)18)5-6-16(9-14)13(19)15-11-3-7-20-8-4-11/h10-11H,3-9H2,1-2H3,(H,15,19)(H,17,18). The number of nitrogens with one attached hydrogen (secondary N) is 1. The van der Waals surface area contributed by atoms with Crippen LogP contribution in [0.3, 0.4) is 0 Å². The van der Waals surface area contributed by atoms with Crippen LogP contribution in [0.4, 0.5) is 4.79 Å². The van der Waals surface area contributed by atoms with Crippen molar-refractivity contribution < 1.29 is 19.4 Å². The molecule has 2 N–H and O–H groups in total. The smallest absolute Gasteiger partial charge is 0.317 e. The lowest BCUT2D eigenvalue weighted by Crippen LogP contribution is -2.47. The van der Waals surface area contributed by atoms with Gasteiger partial charge in [-0.2, -0.15) is 0 Å². The van der Waals surface area contributed by atoms with E-state index in [4.69, 9.17) is 4.74 Å². The lowest BCUT2D eigenvalue weighted by Gasteiger charge is -2.30. The molecule has 1 atom stereocenters. The number of carbonyl (C=O) groups is 2. The van der Waals surface area contributed by atoms with Gasteiger partial charge in [-0.3, -0.25) is 4.79 Å². The fraction of sp³-hybridized carbons (Fsp3) is 0.857. The Morgan fingerprint density at radius 2 is 2.00 bits per heavy atom. The second kappa shape index (κ2) is 5.99. The quantitative estimate of drug-likeness (QED) is 0.819. The summed E-state index contributed by atoms with van der Waals surface area (Å²) in [6, 6.07) is 0.0100. The summed E-state index contributed by atoms with van der Waals surface area (Å²) < 4.78 is 5.26. The van der Waals surface area contributed by atoms with Gasteiger partial charge in [0, 0.05) is 32.3 Å². The number of hydrogen-bond acceptors (Lipinski definition) is 3. The van der Waals surface area contributed by atoms with E-state index in [-0.39, 0.29) is 18.0 Å². The minimum absolute atomic E-state index is 0.0147. The molecule has 20 heavy (non-hydrogen) atoms. The summed E-state index contributed by atoms with van der Waals surface area (Å²) in [5, 5.41) is 12.5. The van der Waals surface area contributed by atoms with Crippen molar-refractivity contribution in [2.75, 3.05) is 26.3 Å². The third kappa shape index (κ3) is 2.90. The van der Waals surface area contributed by atoms with Crippen LogP contribution in [0.1, 0.15) is 33.1 Å². The van der Waals surface area contributed by atoms with Crippen LogP contribution >= 0.6 is 0 Å². The second-order valence-electron chi connectivity index (χ2n) is 6.12. The van der Waals surface area contributed by atoms with Gasteiger partial charge in [0.15, 0.2) is 0 Å². The maximum absolute atomic E-state index is 12.2. The lowest BCUT2D eigenvalue weighted by molar-refractivity contribution is -0.150. The molecule has 2 fully saturated rings. The summed E-state index contributed by atoms with van der Waals surface area (Å²) in [6.07, 6.45) is 2.18. The van der Waals surface area contributed by atoms with E-state index in [1.807, 2.05) is 13.8 Å². The highest BCUT2D eigenvalue weighted by Gasteiger charge is 2.48. The summed E-state index contributed by atoms with van der Waals surface area (Å²) in [4.78, 5) is 25.4. The molecule has 6 heteroatoms. The first-order valence-electron chi connectivity index (χ1n) is 7.32. The molecule has 0 aromatic rings. The average Bonchev–Trinajstić information content (AvgIpc) is 2.86. The molecule has 0 saturated carbocycles. The average molecular weight is 284 g/mol. The van der Waals surface area contributed by atoms with Crippen LogP contribution in [0.5, 0.6) is 0 Å². The molecule has 2 aliphatic rings. The van der Waals surface area contributed by atoms with Crippen molar-refractivity contribution in [3.8, 4) is 0 Å². The highest BCUT2D eigenvalue weighted by Crippen LogP contribution is 2.38. The highest BCUT2D eigenvalue weighted by atomic mass is 16.5. The van der Waals surface area contributed by atoms with Crippen molar-refractivity contribution >= 4 is 12.0 Å². The largest absolute Gasteiger partial charge is 0.481 e. The lowest BCUT2D eigenvalue weighted by atomic mass is 9.76. The van der Waals surface area contributed by atoms with Crippen LogP contribution in [0.2, 0.25) is 0 Å². The molecule has 2 rings (SSSR count). The van der Waals surface area contributed by atoms with Crippen molar-refractivity contribution in [1.29, 1.82) is 0 Å². The van der Waals surface area contributed by atoms with Crippen LogP contribution in [-0.4, -0.2) is 54.4 Å². The first-order valence-corrected chi connectivity index (χ1v) is 7.32. The minimum Gasteiger partial charge on any atom is -0.481 e. The maximum atomic E-state index is 12.2.